The first-order valence-corrected chi connectivity index (χ1v) is 7.20. The summed E-state index contributed by atoms with van der Waals surface area (Å²) in [6.45, 7) is 6.50. The summed E-state index contributed by atoms with van der Waals surface area (Å²) < 4.78 is 11.1. The highest BCUT2D eigenvalue weighted by atomic mass is 79.9. The Morgan fingerprint density at radius 3 is 2.35 bits per heavy atom. The fraction of sp³-hybridized carbons (Fsp3) is 0.571. The van der Waals surface area contributed by atoms with Crippen LogP contribution in [0.1, 0.15) is 25.8 Å². The summed E-state index contributed by atoms with van der Waals surface area (Å²) in [5, 5.41) is 0.881. The van der Waals surface area contributed by atoms with Crippen LogP contribution in [0.2, 0.25) is 0 Å². The Morgan fingerprint density at radius 1 is 1.06 bits per heavy atom. The van der Waals surface area contributed by atoms with Crippen LogP contribution in [0.5, 0.6) is 5.75 Å². The molecule has 0 aliphatic heterocycles. The third-order valence-electron chi connectivity index (χ3n) is 2.41. The van der Waals surface area contributed by atoms with E-state index in [9.17, 15) is 0 Å². The van der Waals surface area contributed by atoms with Crippen molar-refractivity contribution in [3.05, 3.63) is 29.8 Å². The molecule has 0 atom stereocenters. The number of rotatable bonds is 8. The zero-order valence-electron chi connectivity index (χ0n) is 10.6. The van der Waals surface area contributed by atoms with Gasteiger partial charge in [0.15, 0.2) is 0 Å². The van der Waals surface area contributed by atoms with Crippen molar-refractivity contribution in [2.45, 2.75) is 25.6 Å². The molecular formula is C14H21BrO2. The van der Waals surface area contributed by atoms with Gasteiger partial charge in [-0.25, -0.2) is 0 Å². The minimum atomic E-state index is 0.617. The third kappa shape index (κ3) is 6.69. The van der Waals surface area contributed by atoms with Crippen LogP contribution < -0.4 is 4.74 Å². The molecule has 0 saturated heterocycles. The Hall–Kier alpha value is -0.540. The number of hydrogen-bond donors (Lipinski definition) is 0. The van der Waals surface area contributed by atoms with E-state index < -0.39 is 0 Å². The van der Waals surface area contributed by atoms with E-state index in [0.717, 1.165) is 24.1 Å². The molecular weight excluding hydrogens is 280 g/mol. The van der Waals surface area contributed by atoms with Crippen molar-refractivity contribution in [1.29, 1.82) is 0 Å². The van der Waals surface area contributed by atoms with Gasteiger partial charge in [-0.1, -0.05) is 41.9 Å². The van der Waals surface area contributed by atoms with Gasteiger partial charge in [-0.3, -0.25) is 0 Å². The Bertz CT molecular complexity index is 296. The number of benzene rings is 1. The van der Waals surface area contributed by atoms with Gasteiger partial charge in [0.05, 0.1) is 6.61 Å². The van der Waals surface area contributed by atoms with E-state index in [1.807, 2.05) is 12.1 Å². The minimum absolute atomic E-state index is 0.617. The van der Waals surface area contributed by atoms with Crippen LogP contribution in [-0.4, -0.2) is 19.8 Å². The second-order valence-electron chi connectivity index (χ2n) is 4.42. The van der Waals surface area contributed by atoms with Crippen LogP contribution >= 0.6 is 15.9 Å². The van der Waals surface area contributed by atoms with Gasteiger partial charge < -0.3 is 9.47 Å². The highest BCUT2D eigenvalue weighted by Gasteiger charge is 1.96. The van der Waals surface area contributed by atoms with E-state index in [0.29, 0.717) is 19.1 Å². The van der Waals surface area contributed by atoms with Gasteiger partial charge in [0, 0.05) is 11.9 Å². The average Bonchev–Trinajstić information content (AvgIpc) is 2.34. The molecule has 0 bridgehead atoms. The van der Waals surface area contributed by atoms with Crippen LogP contribution in [0.4, 0.5) is 0 Å². The Balaban J connectivity index is 2.09. The molecule has 0 radical (unpaired) electrons. The Morgan fingerprint density at radius 2 is 1.76 bits per heavy atom. The minimum Gasteiger partial charge on any atom is -0.491 e. The fourth-order valence-corrected chi connectivity index (χ4v) is 1.69. The summed E-state index contributed by atoms with van der Waals surface area (Å²) in [6.07, 6.45) is 1.11. The molecule has 0 amide bonds. The summed E-state index contributed by atoms with van der Waals surface area (Å²) in [5.41, 5.74) is 1.26. The van der Waals surface area contributed by atoms with Gasteiger partial charge >= 0.3 is 0 Å². The molecule has 0 aliphatic rings. The lowest BCUT2D eigenvalue weighted by molar-refractivity contribution is 0.0926. The van der Waals surface area contributed by atoms with E-state index in [4.69, 9.17) is 9.47 Å². The maximum atomic E-state index is 5.57. The highest BCUT2D eigenvalue weighted by molar-refractivity contribution is 9.08. The largest absolute Gasteiger partial charge is 0.491 e. The van der Waals surface area contributed by atoms with Crippen molar-refractivity contribution in [3.63, 3.8) is 0 Å². The van der Waals surface area contributed by atoms with E-state index in [1.54, 1.807) is 0 Å². The predicted octanol–water partition coefficient (Wildman–Crippen LogP) is 4.02. The molecule has 96 valence electrons. The second-order valence-corrected chi connectivity index (χ2v) is 4.98. The molecule has 1 aromatic carbocycles. The third-order valence-corrected chi connectivity index (χ3v) is 3.06. The summed E-state index contributed by atoms with van der Waals surface area (Å²) in [6, 6.07) is 8.10. The predicted molar refractivity (Wildman–Crippen MR) is 74.8 cm³/mol. The first-order chi connectivity index (χ1) is 8.22. The van der Waals surface area contributed by atoms with Crippen LogP contribution in [-0.2, 0) is 10.1 Å². The van der Waals surface area contributed by atoms with Gasteiger partial charge in [0.2, 0.25) is 0 Å². The summed E-state index contributed by atoms with van der Waals surface area (Å²) in [7, 11) is 0. The quantitative estimate of drug-likeness (QED) is 0.533. The topological polar surface area (TPSA) is 18.5 Å². The molecule has 0 spiro atoms. The number of ether oxygens (including phenoxy) is 2. The first-order valence-electron chi connectivity index (χ1n) is 6.08. The molecule has 0 aliphatic carbocycles. The van der Waals surface area contributed by atoms with E-state index in [-0.39, 0.29) is 0 Å². The molecule has 0 fully saturated rings. The number of halogens is 1. The van der Waals surface area contributed by atoms with Gasteiger partial charge in [-0.15, -0.1) is 0 Å². The molecule has 17 heavy (non-hydrogen) atoms. The van der Waals surface area contributed by atoms with Crippen molar-refractivity contribution in [1.82, 2.24) is 0 Å². The smallest absolute Gasteiger partial charge is 0.119 e. The molecule has 0 unspecified atom stereocenters. The molecule has 1 rings (SSSR count). The SMILES string of the molecule is CC(C)CCOCCOc1ccc(CBr)cc1. The van der Waals surface area contributed by atoms with E-state index in [2.05, 4.69) is 41.9 Å². The standard InChI is InChI=1S/C14H21BrO2/c1-12(2)7-8-16-9-10-17-14-5-3-13(11-15)4-6-14/h3-6,12H,7-11H2,1-2H3. The maximum Gasteiger partial charge on any atom is 0.119 e. The Labute approximate surface area is 112 Å². The van der Waals surface area contributed by atoms with Gasteiger partial charge in [-0.2, -0.15) is 0 Å². The van der Waals surface area contributed by atoms with Gasteiger partial charge in [-0.05, 0) is 30.0 Å². The first kappa shape index (κ1) is 14.5. The van der Waals surface area contributed by atoms with E-state index in [1.165, 1.54) is 5.56 Å². The van der Waals surface area contributed by atoms with Crippen molar-refractivity contribution in [2.24, 2.45) is 5.92 Å². The molecule has 1 aromatic rings. The molecule has 0 aromatic heterocycles. The molecule has 0 saturated carbocycles. The van der Waals surface area contributed by atoms with Crippen molar-refractivity contribution in [3.8, 4) is 5.75 Å². The fourth-order valence-electron chi connectivity index (χ4n) is 1.31. The summed E-state index contributed by atoms with van der Waals surface area (Å²) >= 11 is 3.41. The Kier molecular flexibility index (Phi) is 7.29. The zero-order valence-corrected chi connectivity index (χ0v) is 12.2. The number of hydrogen-bond acceptors (Lipinski definition) is 2. The molecule has 0 N–H and O–H groups in total. The van der Waals surface area contributed by atoms with Gasteiger partial charge in [0.25, 0.3) is 0 Å². The van der Waals surface area contributed by atoms with Crippen LogP contribution in [0.3, 0.4) is 0 Å². The summed E-state index contributed by atoms with van der Waals surface area (Å²) in [4.78, 5) is 0. The lowest BCUT2D eigenvalue weighted by atomic mass is 10.1. The van der Waals surface area contributed by atoms with Crippen molar-refractivity contribution >= 4 is 15.9 Å². The van der Waals surface area contributed by atoms with Gasteiger partial charge in [0.1, 0.15) is 12.4 Å². The maximum absolute atomic E-state index is 5.57. The van der Waals surface area contributed by atoms with Crippen molar-refractivity contribution < 1.29 is 9.47 Å². The lowest BCUT2D eigenvalue weighted by Gasteiger charge is -2.08. The van der Waals surface area contributed by atoms with Crippen LogP contribution in [0.15, 0.2) is 24.3 Å². The van der Waals surface area contributed by atoms with Crippen LogP contribution in [0.25, 0.3) is 0 Å². The van der Waals surface area contributed by atoms with Crippen molar-refractivity contribution in [2.75, 3.05) is 19.8 Å². The second kappa shape index (κ2) is 8.54. The average molecular weight is 301 g/mol. The molecule has 3 heteroatoms. The normalized spacial score (nSPS) is 10.8. The van der Waals surface area contributed by atoms with E-state index >= 15 is 0 Å². The highest BCUT2D eigenvalue weighted by Crippen LogP contribution is 2.13. The lowest BCUT2D eigenvalue weighted by Crippen LogP contribution is -2.08. The molecule has 2 nitrogen and oxygen atoms in total. The molecule has 0 heterocycles. The summed E-state index contributed by atoms with van der Waals surface area (Å²) in [5.74, 6) is 1.61. The monoisotopic (exact) mass is 300 g/mol. The zero-order chi connectivity index (χ0) is 12.5. The van der Waals surface area contributed by atoms with Crippen LogP contribution in [0, 0.1) is 5.92 Å². The number of alkyl halides is 1.